The summed E-state index contributed by atoms with van der Waals surface area (Å²) < 4.78 is 13.1. The first-order valence-corrected chi connectivity index (χ1v) is 12.8. The van der Waals surface area contributed by atoms with Crippen molar-refractivity contribution in [2.75, 3.05) is 36.8 Å². The van der Waals surface area contributed by atoms with Crippen molar-refractivity contribution in [3.8, 4) is 0 Å². The lowest BCUT2D eigenvalue weighted by Crippen LogP contribution is -2.38. The summed E-state index contributed by atoms with van der Waals surface area (Å²) in [4.78, 5) is 31.2. The van der Waals surface area contributed by atoms with Gasteiger partial charge in [0.15, 0.2) is 5.13 Å². The van der Waals surface area contributed by atoms with Crippen LogP contribution in [0.15, 0.2) is 60.1 Å². The molecule has 1 saturated heterocycles. The highest BCUT2D eigenvalue weighted by molar-refractivity contribution is 7.13. The van der Waals surface area contributed by atoms with Crippen molar-refractivity contribution < 1.29 is 14.0 Å². The number of halogens is 1. The van der Waals surface area contributed by atoms with E-state index in [4.69, 9.17) is 0 Å². The fraction of sp³-hybridized carbons (Fsp3) is 0.346. The van der Waals surface area contributed by atoms with E-state index in [2.05, 4.69) is 25.8 Å². The zero-order valence-electron chi connectivity index (χ0n) is 19.5. The highest BCUT2D eigenvalue weighted by atomic mass is 32.1. The lowest BCUT2D eigenvalue weighted by molar-refractivity contribution is 0.102. The zero-order valence-corrected chi connectivity index (χ0v) is 20.3. The molecule has 1 unspecified atom stereocenters. The molecule has 9 heteroatoms. The summed E-state index contributed by atoms with van der Waals surface area (Å²) in [6.07, 6.45) is 5.80. The summed E-state index contributed by atoms with van der Waals surface area (Å²) in [6, 6.07) is 13.3. The highest BCUT2D eigenvalue weighted by Crippen LogP contribution is 2.21. The Labute approximate surface area is 208 Å². The molecule has 0 bridgehead atoms. The number of carbonyl (C=O) groups excluding carboxylic acids is 2. The molecule has 2 aromatic carbocycles. The molecule has 3 aromatic rings. The van der Waals surface area contributed by atoms with E-state index in [0.717, 1.165) is 38.9 Å². The van der Waals surface area contributed by atoms with E-state index < -0.39 is 0 Å². The van der Waals surface area contributed by atoms with Crippen molar-refractivity contribution in [3.63, 3.8) is 0 Å². The second kappa shape index (κ2) is 12.4. The maximum absolute atomic E-state index is 13.1. The van der Waals surface area contributed by atoms with Crippen LogP contribution in [0, 0.1) is 11.7 Å². The SMILES string of the molecule is O=C(NCCCN1CCCC(Cc2ccc(F)cc2)C1)Nc1cccc(C(=O)Nc2nccs2)c1. The molecular formula is C26H30FN5O2S. The van der Waals surface area contributed by atoms with Gasteiger partial charge in [-0.3, -0.25) is 10.1 Å². The monoisotopic (exact) mass is 495 g/mol. The molecule has 1 atom stereocenters. The first-order valence-electron chi connectivity index (χ1n) is 11.9. The molecular weight excluding hydrogens is 465 g/mol. The average molecular weight is 496 g/mol. The molecule has 7 nitrogen and oxygen atoms in total. The summed E-state index contributed by atoms with van der Waals surface area (Å²) in [5.41, 5.74) is 2.17. The molecule has 0 spiro atoms. The molecule has 1 fully saturated rings. The van der Waals surface area contributed by atoms with Crippen molar-refractivity contribution >= 4 is 34.1 Å². The van der Waals surface area contributed by atoms with Gasteiger partial charge in [0, 0.05) is 35.9 Å². The number of piperidine rings is 1. The second-order valence-corrected chi connectivity index (χ2v) is 9.64. The van der Waals surface area contributed by atoms with Crippen LogP contribution >= 0.6 is 11.3 Å². The molecule has 0 saturated carbocycles. The third kappa shape index (κ3) is 7.87. The molecule has 0 radical (unpaired) electrons. The predicted octanol–water partition coefficient (Wildman–Crippen LogP) is 5.00. The van der Waals surface area contributed by atoms with Crippen LogP contribution in [0.4, 0.5) is 20.0 Å². The lowest BCUT2D eigenvalue weighted by Gasteiger charge is -2.32. The summed E-state index contributed by atoms with van der Waals surface area (Å²) in [5.74, 6) is 0.106. The number of carbonyl (C=O) groups is 2. The molecule has 1 aromatic heterocycles. The quantitative estimate of drug-likeness (QED) is 0.365. The lowest BCUT2D eigenvalue weighted by atomic mass is 9.91. The van der Waals surface area contributed by atoms with Crippen LogP contribution in [0.2, 0.25) is 0 Å². The molecule has 1 aliphatic rings. The third-order valence-electron chi connectivity index (χ3n) is 6.01. The number of hydrogen-bond donors (Lipinski definition) is 3. The van der Waals surface area contributed by atoms with E-state index in [-0.39, 0.29) is 17.8 Å². The Morgan fingerprint density at radius 1 is 1.14 bits per heavy atom. The highest BCUT2D eigenvalue weighted by Gasteiger charge is 2.20. The summed E-state index contributed by atoms with van der Waals surface area (Å²) in [5, 5.41) is 10.7. The second-order valence-electron chi connectivity index (χ2n) is 8.75. The van der Waals surface area contributed by atoms with Crippen molar-refractivity contribution in [1.29, 1.82) is 0 Å². The largest absolute Gasteiger partial charge is 0.338 e. The number of aromatic nitrogens is 1. The van der Waals surface area contributed by atoms with Crippen LogP contribution in [0.5, 0.6) is 0 Å². The van der Waals surface area contributed by atoms with Crippen LogP contribution in [-0.2, 0) is 6.42 Å². The van der Waals surface area contributed by atoms with Gasteiger partial charge in [-0.15, -0.1) is 11.3 Å². The standard InChI is InChI=1S/C26H30FN5O2S/c27-22-9-7-19(8-10-22)16-20-4-2-13-32(18-20)14-3-11-28-25(34)30-23-6-1-5-21(17-23)24(33)31-26-29-12-15-35-26/h1,5-10,12,15,17,20H,2-4,11,13-14,16,18H2,(H2,28,30,34)(H,29,31,33). The van der Waals surface area contributed by atoms with Gasteiger partial charge in [-0.1, -0.05) is 18.2 Å². The molecule has 0 aliphatic carbocycles. The molecule has 3 N–H and O–H groups in total. The molecule has 3 amide bonds. The van der Waals surface area contributed by atoms with Crippen LogP contribution in [0.1, 0.15) is 35.2 Å². The van der Waals surface area contributed by atoms with E-state index in [1.807, 2.05) is 12.1 Å². The number of urea groups is 1. The number of hydrogen-bond acceptors (Lipinski definition) is 5. The average Bonchev–Trinajstić information content (AvgIpc) is 3.37. The van der Waals surface area contributed by atoms with Gasteiger partial charge in [0.05, 0.1) is 0 Å². The molecule has 1 aliphatic heterocycles. The minimum absolute atomic E-state index is 0.194. The van der Waals surface area contributed by atoms with Gasteiger partial charge in [-0.05, 0) is 80.6 Å². The van der Waals surface area contributed by atoms with Gasteiger partial charge < -0.3 is 15.5 Å². The van der Waals surface area contributed by atoms with Crippen molar-refractivity contribution in [3.05, 3.63) is 77.1 Å². The Kier molecular flexibility index (Phi) is 8.80. The number of thiazole rings is 1. The van der Waals surface area contributed by atoms with Crippen LogP contribution < -0.4 is 16.0 Å². The first-order chi connectivity index (χ1) is 17.0. The molecule has 2 heterocycles. The smallest absolute Gasteiger partial charge is 0.319 e. The number of benzene rings is 2. The Morgan fingerprint density at radius 2 is 2.00 bits per heavy atom. The number of nitrogens with zero attached hydrogens (tertiary/aromatic N) is 2. The number of anilines is 2. The van der Waals surface area contributed by atoms with E-state index in [9.17, 15) is 14.0 Å². The fourth-order valence-electron chi connectivity index (χ4n) is 4.35. The fourth-order valence-corrected chi connectivity index (χ4v) is 4.87. The van der Waals surface area contributed by atoms with Crippen molar-refractivity contribution in [1.82, 2.24) is 15.2 Å². The van der Waals surface area contributed by atoms with E-state index >= 15 is 0 Å². The van der Waals surface area contributed by atoms with E-state index in [1.54, 1.807) is 35.8 Å². The summed E-state index contributed by atoms with van der Waals surface area (Å²) >= 11 is 1.34. The number of nitrogens with one attached hydrogen (secondary N) is 3. The maximum Gasteiger partial charge on any atom is 0.319 e. The number of amides is 3. The van der Waals surface area contributed by atoms with Gasteiger partial charge in [-0.2, -0.15) is 0 Å². The first kappa shape index (κ1) is 24.8. The number of rotatable bonds is 9. The topological polar surface area (TPSA) is 86.4 Å². The van der Waals surface area contributed by atoms with Crippen molar-refractivity contribution in [2.24, 2.45) is 5.92 Å². The molecule has 184 valence electrons. The molecule has 35 heavy (non-hydrogen) atoms. The summed E-state index contributed by atoms with van der Waals surface area (Å²) in [7, 11) is 0. The van der Waals surface area contributed by atoms with Gasteiger partial charge >= 0.3 is 6.03 Å². The Balaban J connectivity index is 1.16. The van der Waals surface area contributed by atoms with Crippen LogP contribution in [-0.4, -0.2) is 48.0 Å². The van der Waals surface area contributed by atoms with Gasteiger partial charge in [0.2, 0.25) is 0 Å². The zero-order chi connectivity index (χ0) is 24.5. The van der Waals surface area contributed by atoms with E-state index in [0.29, 0.717) is 28.8 Å². The normalized spacial score (nSPS) is 16.0. The Morgan fingerprint density at radius 3 is 2.80 bits per heavy atom. The minimum Gasteiger partial charge on any atom is -0.338 e. The van der Waals surface area contributed by atoms with Gasteiger partial charge in [0.1, 0.15) is 5.82 Å². The predicted molar refractivity (Wildman–Crippen MR) is 137 cm³/mol. The van der Waals surface area contributed by atoms with E-state index in [1.165, 1.54) is 35.5 Å². The Hall–Kier alpha value is -3.30. The Bertz CT molecular complexity index is 1110. The van der Waals surface area contributed by atoms with Gasteiger partial charge in [-0.25, -0.2) is 14.2 Å². The van der Waals surface area contributed by atoms with Crippen LogP contribution in [0.3, 0.4) is 0 Å². The minimum atomic E-state index is -0.296. The summed E-state index contributed by atoms with van der Waals surface area (Å²) in [6.45, 7) is 3.59. The van der Waals surface area contributed by atoms with Crippen molar-refractivity contribution in [2.45, 2.75) is 25.7 Å². The molecule has 4 rings (SSSR count). The number of likely N-dealkylation sites (tertiary alicyclic amines) is 1. The maximum atomic E-state index is 13.1. The van der Waals surface area contributed by atoms with Gasteiger partial charge in [0.25, 0.3) is 5.91 Å². The van der Waals surface area contributed by atoms with Crippen LogP contribution in [0.25, 0.3) is 0 Å². The third-order valence-corrected chi connectivity index (χ3v) is 6.70.